The van der Waals surface area contributed by atoms with E-state index in [2.05, 4.69) is 45.8 Å². The lowest BCUT2D eigenvalue weighted by atomic mass is 10.1. The third-order valence-electron chi connectivity index (χ3n) is 5.37. The molecule has 5 rings (SSSR count). The highest BCUT2D eigenvalue weighted by Crippen LogP contribution is 2.25. The van der Waals surface area contributed by atoms with Crippen molar-refractivity contribution in [1.29, 1.82) is 0 Å². The minimum atomic E-state index is 0.251. The van der Waals surface area contributed by atoms with Crippen LogP contribution in [0.4, 0.5) is 17.7 Å². The van der Waals surface area contributed by atoms with Crippen molar-refractivity contribution >= 4 is 34.6 Å². The molecule has 2 aromatic heterocycles. The molecule has 2 aliphatic rings. The Bertz CT molecular complexity index is 1090. The van der Waals surface area contributed by atoms with E-state index in [1.165, 1.54) is 5.57 Å². The molecule has 0 radical (unpaired) electrons. The molecule has 0 amide bonds. The van der Waals surface area contributed by atoms with E-state index in [4.69, 9.17) is 15.0 Å². The molecule has 1 unspecified atom stereocenters. The quantitative estimate of drug-likeness (QED) is 0.547. The number of fused-ring (bicyclic) bond motifs is 2. The average molecular weight is 388 g/mol. The number of imidazole rings is 1. The van der Waals surface area contributed by atoms with Crippen LogP contribution in [0.1, 0.15) is 31.5 Å². The highest BCUT2D eigenvalue weighted by molar-refractivity contribution is 6.06. The number of nitrogens with one attached hydrogen (secondary N) is 4. The van der Waals surface area contributed by atoms with Gasteiger partial charge in [0.2, 0.25) is 11.9 Å². The maximum absolute atomic E-state index is 4.77. The molecule has 0 bridgehead atoms. The number of benzene rings is 1. The summed E-state index contributed by atoms with van der Waals surface area (Å²) in [5.41, 5.74) is 5.30. The summed E-state index contributed by atoms with van der Waals surface area (Å²) in [7, 11) is 0. The van der Waals surface area contributed by atoms with Crippen molar-refractivity contribution in [2.24, 2.45) is 4.99 Å². The highest BCUT2D eigenvalue weighted by atomic mass is 15.2. The number of aromatic nitrogens is 4. The fourth-order valence-electron chi connectivity index (χ4n) is 3.84. The predicted octanol–water partition coefficient (Wildman–Crippen LogP) is 3.29. The van der Waals surface area contributed by atoms with E-state index in [1.54, 1.807) is 0 Å². The second-order valence-corrected chi connectivity index (χ2v) is 7.43. The first-order valence-electron chi connectivity index (χ1n) is 10.0. The molecule has 4 N–H and O–H groups in total. The third-order valence-corrected chi connectivity index (χ3v) is 5.37. The van der Waals surface area contributed by atoms with Crippen molar-refractivity contribution in [2.45, 2.75) is 39.3 Å². The third kappa shape index (κ3) is 3.47. The van der Waals surface area contributed by atoms with Crippen LogP contribution in [0.2, 0.25) is 0 Å². The van der Waals surface area contributed by atoms with Gasteiger partial charge in [-0.15, -0.1) is 0 Å². The van der Waals surface area contributed by atoms with Gasteiger partial charge >= 0.3 is 0 Å². The predicted molar refractivity (Wildman–Crippen MR) is 116 cm³/mol. The lowest BCUT2D eigenvalue weighted by molar-refractivity contribution is 0.629. The number of anilines is 3. The fourth-order valence-corrected chi connectivity index (χ4v) is 3.84. The summed E-state index contributed by atoms with van der Waals surface area (Å²) >= 11 is 0. The summed E-state index contributed by atoms with van der Waals surface area (Å²) in [5.74, 6) is 2.81. The molecule has 29 heavy (non-hydrogen) atoms. The molecule has 0 fully saturated rings. The fraction of sp³-hybridized carbons (Fsp3) is 0.333. The van der Waals surface area contributed by atoms with Gasteiger partial charge in [-0.1, -0.05) is 19.1 Å². The first-order valence-corrected chi connectivity index (χ1v) is 10.0. The van der Waals surface area contributed by atoms with Crippen LogP contribution in [0.15, 0.2) is 40.9 Å². The molecule has 0 saturated carbocycles. The summed E-state index contributed by atoms with van der Waals surface area (Å²) in [6.45, 7) is 5.93. The second-order valence-electron chi connectivity index (χ2n) is 7.43. The standard InChI is InChI=1S/C21H24N8/c1-3-14-12(2)10-18(23-14)27-19-13-11-22-9-8-15(13)24-21(28-19)29-20-25-16-6-4-5-7-17(16)26-20/h4-7,10,14,22H,3,8-9,11H2,1-2H3,(H3,23,24,25,26,27,28,29). The van der Waals surface area contributed by atoms with Gasteiger partial charge in [-0.3, -0.25) is 10.3 Å². The molecule has 0 aliphatic carbocycles. The van der Waals surface area contributed by atoms with E-state index in [0.717, 1.165) is 59.9 Å². The zero-order valence-electron chi connectivity index (χ0n) is 16.6. The Kier molecular flexibility index (Phi) is 4.48. The van der Waals surface area contributed by atoms with Gasteiger partial charge in [0.05, 0.1) is 22.8 Å². The Morgan fingerprint density at radius 1 is 1.14 bits per heavy atom. The van der Waals surface area contributed by atoms with E-state index >= 15 is 0 Å². The molecule has 3 aromatic rings. The highest BCUT2D eigenvalue weighted by Gasteiger charge is 2.21. The number of para-hydroxylation sites is 2. The van der Waals surface area contributed by atoms with Crippen molar-refractivity contribution < 1.29 is 0 Å². The van der Waals surface area contributed by atoms with Crippen LogP contribution >= 0.6 is 0 Å². The van der Waals surface area contributed by atoms with Crippen molar-refractivity contribution in [3.8, 4) is 0 Å². The van der Waals surface area contributed by atoms with Crippen molar-refractivity contribution in [1.82, 2.24) is 25.3 Å². The number of nitrogens with zero attached hydrogens (tertiary/aromatic N) is 4. The van der Waals surface area contributed by atoms with E-state index in [0.29, 0.717) is 11.9 Å². The summed E-state index contributed by atoms with van der Waals surface area (Å²) in [6, 6.07) is 8.17. The van der Waals surface area contributed by atoms with Gasteiger partial charge in [0, 0.05) is 25.1 Å². The maximum Gasteiger partial charge on any atom is 0.231 e. The zero-order valence-corrected chi connectivity index (χ0v) is 16.6. The maximum atomic E-state index is 4.77. The molecule has 148 valence electrons. The Labute approximate surface area is 169 Å². The van der Waals surface area contributed by atoms with Gasteiger partial charge in [-0.2, -0.15) is 4.98 Å². The van der Waals surface area contributed by atoms with Crippen LogP contribution in [-0.2, 0) is 13.0 Å². The zero-order chi connectivity index (χ0) is 19.8. The molecule has 2 aliphatic heterocycles. The van der Waals surface area contributed by atoms with Gasteiger partial charge < -0.3 is 15.6 Å². The van der Waals surface area contributed by atoms with Gasteiger partial charge in [0.15, 0.2) is 0 Å². The SMILES string of the molecule is CCC1N=C(Nc2nc(Nc3nc4ccccc4[nH]3)nc3c2CNCC3)C=C1C. The summed E-state index contributed by atoms with van der Waals surface area (Å²) in [5, 5.41) is 10.1. The number of hydrogen-bond donors (Lipinski definition) is 4. The smallest absolute Gasteiger partial charge is 0.231 e. The average Bonchev–Trinajstić information content (AvgIpc) is 3.29. The number of hydrogen-bond acceptors (Lipinski definition) is 7. The van der Waals surface area contributed by atoms with E-state index in [9.17, 15) is 0 Å². The van der Waals surface area contributed by atoms with Crippen LogP contribution in [0, 0.1) is 0 Å². The second kappa shape index (κ2) is 7.29. The van der Waals surface area contributed by atoms with Crippen molar-refractivity contribution in [3.63, 3.8) is 0 Å². The van der Waals surface area contributed by atoms with Crippen LogP contribution in [0.25, 0.3) is 11.0 Å². The Morgan fingerprint density at radius 3 is 2.86 bits per heavy atom. The molecule has 0 saturated heterocycles. The summed E-state index contributed by atoms with van der Waals surface area (Å²) in [4.78, 5) is 22.1. The Hall–Kier alpha value is -3.26. The van der Waals surface area contributed by atoms with Gasteiger partial charge in [0.25, 0.3) is 0 Å². The first kappa shape index (κ1) is 17.8. The minimum absolute atomic E-state index is 0.251. The number of aliphatic imine (C=N–C) groups is 1. The van der Waals surface area contributed by atoms with E-state index in [-0.39, 0.29) is 6.04 Å². The summed E-state index contributed by atoms with van der Waals surface area (Å²) in [6.07, 6.45) is 3.96. The molecule has 0 spiro atoms. The first-order chi connectivity index (χ1) is 14.2. The lowest BCUT2D eigenvalue weighted by Gasteiger charge is -2.20. The van der Waals surface area contributed by atoms with E-state index in [1.807, 2.05) is 24.3 Å². The van der Waals surface area contributed by atoms with Crippen LogP contribution in [0.5, 0.6) is 0 Å². The van der Waals surface area contributed by atoms with Gasteiger partial charge in [0.1, 0.15) is 11.7 Å². The normalized spacial score (nSPS) is 18.3. The number of amidine groups is 1. The van der Waals surface area contributed by atoms with E-state index < -0.39 is 0 Å². The van der Waals surface area contributed by atoms with Gasteiger partial charge in [-0.25, -0.2) is 9.97 Å². The van der Waals surface area contributed by atoms with Crippen LogP contribution in [0.3, 0.4) is 0 Å². The molecular formula is C21H24N8. The molecule has 1 atom stereocenters. The molecule has 4 heterocycles. The van der Waals surface area contributed by atoms with Crippen LogP contribution < -0.4 is 16.0 Å². The molecule has 8 heteroatoms. The topological polar surface area (TPSA) is 103 Å². The van der Waals surface area contributed by atoms with Crippen molar-refractivity contribution in [2.75, 3.05) is 17.2 Å². The number of rotatable bonds is 4. The largest absolute Gasteiger partial charge is 0.325 e. The number of aromatic amines is 1. The molecular weight excluding hydrogens is 364 g/mol. The Morgan fingerprint density at radius 2 is 2.03 bits per heavy atom. The molecule has 8 nitrogen and oxygen atoms in total. The monoisotopic (exact) mass is 388 g/mol. The lowest BCUT2D eigenvalue weighted by Crippen LogP contribution is -2.27. The Balaban J connectivity index is 1.48. The minimum Gasteiger partial charge on any atom is -0.325 e. The number of H-pyrrole nitrogens is 1. The van der Waals surface area contributed by atoms with Crippen LogP contribution in [-0.4, -0.2) is 38.4 Å². The summed E-state index contributed by atoms with van der Waals surface area (Å²) < 4.78 is 0. The van der Waals surface area contributed by atoms with Gasteiger partial charge in [-0.05, 0) is 37.1 Å². The molecule has 1 aromatic carbocycles. The van der Waals surface area contributed by atoms with Crippen molar-refractivity contribution in [3.05, 3.63) is 47.2 Å².